The van der Waals surface area contributed by atoms with E-state index in [-0.39, 0.29) is 0 Å². The van der Waals surface area contributed by atoms with Crippen LogP contribution in [0.3, 0.4) is 0 Å². The van der Waals surface area contributed by atoms with Gasteiger partial charge < -0.3 is 5.11 Å². The molecule has 0 aliphatic carbocycles. The number of hydrogen-bond donors (Lipinski definition) is 1. The van der Waals surface area contributed by atoms with Gasteiger partial charge in [0.2, 0.25) is 0 Å². The first-order chi connectivity index (χ1) is 9.18. The molecule has 1 unspecified atom stereocenters. The van der Waals surface area contributed by atoms with Crippen molar-refractivity contribution in [2.45, 2.75) is 6.10 Å². The largest absolute Gasteiger partial charge is 0.382 e. The van der Waals surface area contributed by atoms with Crippen LogP contribution in [0, 0.1) is 0 Å². The molecule has 0 bridgehead atoms. The Bertz CT molecular complexity index is 717. The van der Waals surface area contributed by atoms with E-state index < -0.39 is 6.10 Å². The number of aromatic nitrogens is 5. The zero-order valence-electron chi connectivity index (χ0n) is 10.0. The van der Waals surface area contributed by atoms with Gasteiger partial charge in [0.1, 0.15) is 11.8 Å². The summed E-state index contributed by atoms with van der Waals surface area (Å²) in [5.41, 5.74) is 2.67. The molecule has 2 aromatic heterocycles. The lowest BCUT2D eigenvalue weighted by molar-refractivity contribution is 0.210. The number of rotatable bonds is 2. The summed E-state index contributed by atoms with van der Waals surface area (Å²) in [5, 5.41) is 18.3. The fourth-order valence-electron chi connectivity index (χ4n) is 2.01. The minimum absolute atomic E-state index is 0.517. The molecule has 6 nitrogen and oxygen atoms in total. The summed E-state index contributed by atoms with van der Waals surface area (Å²) in [6.45, 7) is 0. The lowest BCUT2D eigenvalue weighted by atomic mass is 10.0. The van der Waals surface area contributed by atoms with E-state index in [1.54, 1.807) is 19.4 Å². The maximum atomic E-state index is 10.5. The van der Waals surface area contributed by atoms with Crippen LogP contribution in [0.25, 0.3) is 11.0 Å². The van der Waals surface area contributed by atoms with Crippen LogP contribution in [0.5, 0.6) is 0 Å². The molecule has 3 rings (SSSR count). The van der Waals surface area contributed by atoms with Crippen LogP contribution >= 0.6 is 15.9 Å². The lowest BCUT2D eigenvalue weighted by Crippen LogP contribution is -2.08. The summed E-state index contributed by atoms with van der Waals surface area (Å²) in [6, 6.07) is 5.52. The van der Waals surface area contributed by atoms with Crippen LogP contribution < -0.4 is 0 Å². The quantitative estimate of drug-likeness (QED) is 0.776. The van der Waals surface area contributed by atoms with Gasteiger partial charge in [-0.25, -0.2) is 4.68 Å². The smallest absolute Gasteiger partial charge is 0.154 e. The van der Waals surface area contributed by atoms with E-state index in [2.05, 4.69) is 36.2 Å². The number of aliphatic hydroxyl groups is 1. The van der Waals surface area contributed by atoms with Gasteiger partial charge in [-0.05, 0) is 22.0 Å². The molecular weight excluding hydrogens is 310 g/mol. The highest BCUT2D eigenvalue weighted by Crippen LogP contribution is 2.29. The SMILES string of the molecule is Cn1nnc(Br)c1C(O)c1cccc2nccnc12. The van der Waals surface area contributed by atoms with Crippen molar-refractivity contribution in [3.8, 4) is 0 Å². The molecule has 0 radical (unpaired) electrons. The van der Waals surface area contributed by atoms with Crippen LogP contribution in [-0.2, 0) is 7.05 Å². The van der Waals surface area contributed by atoms with Gasteiger partial charge in [-0.2, -0.15) is 0 Å². The van der Waals surface area contributed by atoms with Crippen LogP contribution in [0.4, 0.5) is 0 Å². The first-order valence-electron chi connectivity index (χ1n) is 5.61. The van der Waals surface area contributed by atoms with Gasteiger partial charge in [0.25, 0.3) is 0 Å². The Morgan fingerprint density at radius 3 is 2.79 bits per heavy atom. The van der Waals surface area contributed by atoms with E-state index in [0.29, 0.717) is 21.4 Å². The molecule has 0 saturated heterocycles. The monoisotopic (exact) mass is 319 g/mol. The number of aryl methyl sites for hydroxylation is 1. The Morgan fingerprint density at radius 1 is 1.26 bits per heavy atom. The molecule has 0 fully saturated rings. The predicted octanol–water partition coefficient (Wildman–Crippen LogP) is 1.60. The fourth-order valence-corrected chi connectivity index (χ4v) is 2.56. The van der Waals surface area contributed by atoms with E-state index in [1.165, 1.54) is 4.68 Å². The number of nitrogens with zero attached hydrogens (tertiary/aromatic N) is 5. The molecule has 2 heterocycles. The van der Waals surface area contributed by atoms with Crippen molar-refractivity contribution in [1.29, 1.82) is 0 Å². The van der Waals surface area contributed by atoms with Gasteiger partial charge >= 0.3 is 0 Å². The second-order valence-corrected chi connectivity index (χ2v) is 4.81. The van der Waals surface area contributed by atoms with Gasteiger partial charge in [-0.15, -0.1) is 5.10 Å². The standard InChI is InChI=1S/C12H10BrN5O/c1-18-10(12(13)16-17-18)11(19)7-3-2-4-8-9(7)15-6-5-14-8/h2-6,11,19H,1H3. The van der Waals surface area contributed by atoms with Crippen molar-refractivity contribution in [1.82, 2.24) is 25.0 Å². The number of benzene rings is 1. The van der Waals surface area contributed by atoms with Crippen LogP contribution in [0.15, 0.2) is 35.2 Å². The molecule has 3 aromatic rings. The molecule has 1 aromatic carbocycles. The third-order valence-electron chi connectivity index (χ3n) is 2.91. The first-order valence-corrected chi connectivity index (χ1v) is 6.40. The topological polar surface area (TPSA) is 76.7 Å². The zero-order chi connectivity index (χ0) is 13.4. The maximum Gasteiger partial charge on any atom is 0.154 e. The number of fused-ring (bicyclic) bond motifs is 1. The van der Waals surface area contributed by atoms with Gasteiger partial charge in [-0.1, -0.05) is 17.3 Å². The molecule has 0 aliphatic heterocycles. The highest BCUT2D eigenvalue weighted by Gasteiger charge is 2.21. The molecule has 96 valence electrons. The minimum atomic E-state index is -0.866. The third kappa shape index (κ3) is 2.00. The average molecular weight is 320 g/mol. The first kappa shape index (κ1) is 12.2. The molecule has 0 amide bonds. The molecule has 0 spiro atoms. The Labute approximate surface area is 117 Å². The summed E-state index contributed by atoms with van der Waals surface area (Å²) >= 11 is 3.29. The van der Waals surface area contributed by atoms with Crippen LogP contribution in [0.1, 0.15) is 17.4 Å². The zero-order valence-corrected chi connectivity index (χ0v) is 11.6. The van der Waals surface area contributed by atoms with Gasteiger partial charge in [0.05, 0.1) is 11.0 Å². The van der Waals surface area contributed by atoms with Crippen molar-refractivity contribution >= 4 is 27.0 Å². The second kappa shape index (κ2) is 4.67. The summed E-state index contributed by atoms with van der Waals surface area (Å²) in [6.07, 6.45) is 2.37. The van der Waals surface area contributed by atoms with E-state index >= 15 is 0 Å². The van der Waals surface area contributed by atoms with Crippen molar-refractivity contribution in [3.05, 3.63) is 46.5 Å². The Kier molecular flexibility index (Phi) is 3.00. The van der Waals surface area contributed by atoms with Gasteiger partial charge in [0, 0.05) is 25.0 Å². The summed E-state index contributed by atoms with van der Waals surface area (Å²) < 4.78 is 2.05. The molecule has 7 heteroatoms. The second-order valence-electron chi connectivity index (χ2n) is 4.06. The van der Waals surface area contributed by atoms with Crippen LogP contribution in [-0.4, -0.2) is 30.1 Å². The highest BCUT2D eigenvalue weighted by molar-refractivity contribution is 9.10. The normalized spacial score (nSPS) is 12.8. The summed E-state index contributed by atoms with van der Waals surface area (Å²) in [4.78, 5) is 8.51. The van der Waals surface area contributed by atoms with Crippen molar-refractivity contribution in [2.24, 2.45) is 7.05 Å². The summed E-state index contributed by atoms with van der Waals surface area (Å²) in [7, 11) is 1.73. The fraction of sp³-hybridized carbons (Fsp3) is 0.167. The average Bonchev–Trinajstić information content (AvgIpc) is 2.77. The van der Waals surface area contributed by atoms with E-state index in [9.17, 15) is 5.11 Å². The predicted molar refractivity (Wildman–Crippen MR) is 72.3 cm³/mol. The number of para-hydroxylation sites is 1. The Balaban J connectivity index is 2.20. The number of hydrogen-bond acceptors (Lipinski definition) is 5. The van der Waals surface area contributed by atoms with Gasteiger partial charge in [0.15, 0.2) is 4.60 Å². The molecule has 1 atom stereocenters. The number of aliphatic hydroxyl groups excluding tert-OH is 1. The highest BCUT2D eigenvalue weighted by atomic mass is 79.9. The molecule has 0 saturated carbocycles. The van der Waals surface area contributed by atoms with E-state index in [1.807, 2.05) is 18.2 Å². The Hall–Kier alpha value is -1.86. The lowest BCUT2D eigenvalue weighted by Gasteiger charge is -2.12. The van der Waals surface area contributed by atoms with Crippen molar-refractivity contribution in [2.75, 3.05) is 0 Å². The third-order valence-corrected chi connectivity index (χ3v) is 3.47. The van der Waals surface area contributed by atoms with Gasteiger partial charge in [-0.3, -0.25) is 9.97 Å². The van der Waals surface area contributed by atoms with Crippen molar-refractivity contribution in [3.63, 3.8) is 0 Å². The van der Waals surface area contributed by atoms with E-state index in [0.717, 1.165) is 5.52 Å². The number of halogens is 1. The van der Waals surface area contributed by atoms with Crippen LogP contribution in [0.2, 0.25) is 0 Å². The molecule has 1 N–H and O–H groups in total. The molecule has 19 heavy (non-hydrogen) atoms. The summed E-state index contributed by atoms with van der Waals surface area (Å²) in [5.74, 6) is 0. The minimum Gasteiger partial charge on any atom is -0.382 e. The molecular formula is C12H10BrN5O. The van der Waals surface area contributed by atoms with E-state index in [4.69, 9.17) is 0 Å². The maximum absolute atomic E-state index is 10.5. The Morgan fingerprint density at radius 2 is 2.05 bits per heavy atom. The molecule has 0 aliphatic rings. The van der Waals surface area contributed by atoms with Crippen molar-refractivity contribution < 1.29 is 5.11 Å².